The molecule has 0 aliphatic carbocycles. The molecule has 0 saturated carbocycles. The number of nitrogens with zero attached hydrogens (tertiary/aromatic N) is 3. The van der Waals surface area contributed by atoms with Crippen LogP contribution in [0.15, 0.2) is 40.2 Å². The van der Waals surface area contributed by atoms with Gasteiger partial charge in [-0.1, -0.05) is 17.7 Å². The van der Waals surface area contributed by atoms with E-state index in [-0.39, 0.29) is 0 Å². The first-order valence-corrected chi connectivity index (χ1v) is 5.13. The molecule has 5 nitrogen and oxygen atoms in total. The summed E-state index contributed by atoms with van der Waals surface area (Å²) in [5.74, 6) is -0.889. The Morgan fingerprint density at radius 2 is 2.22 bits per heavy atom. The van der Waals surface area contributed by atoms with Gasteiger partial charge in [-0.25, -0.2) is 9.18 Å². The van der Waals surface area contributed by atoms with Crippen LogP contribution in [0, 0.1) is 5.82 Å². The summed E-state index contributed by atoms with van der Waals surface area (Å²) in [5.41, 5.74) is -0.168. The van der Waals surface area contributed by atoms with Gasteiger partial charge in [-0.05, 0) is 18.2 Å². The Morgan fingerprint density at radius 1 is 1.44 bits per heavy atom. The minimum Gasteiger partial charge on any atom is -0.266 e. The van der Waals surface area contributed by atoms with Crippen LogP contribution in [0.3, 0.4) is 0 Å². The zero-order valence-electron chi connectivity index (χ0n) is 8.80. The molecule has 1 aromatic heterocycles. The highest BCUT2D eigenvalue weighted by Crippen LogP contribution is 2.16. The highest BCUT2D eigenvalue weighted by Gasteiger charge is 2.10. The van der Waals surface area contributed by atoms with Gasteiger partial charge in [0.1, 0.15) is 5.02 Å². The standard InChI is InChI=1S/C11H5ClFN3O2/c12-10-9(13)5-15-16(11(10)18)8-3-1-2-7(4-8)14-6-17/h1-5H. The van der Waals surface area contributed by atoms with Gasteiger partial charge in [-0.2, -0.15) is 14.8 Å². The van der Waals surface area contributed by atoms with Crippen LogP contribution in [0.1, 0.15) is 0 Å². The fraction of sp³-hybridized carbons (Fsp3) is 0. The lowest BCUT2D eigenvalue weighted by molar-refractivity contribution is 0.565. The predicted octanol–water partition coefficient (Wildman–Crippen LogP) is 1.99. The van der Waals surface area contributed by atoms with Crippen molar-refractivity contribution in [3.63, 3.8) is 0 Å². The molecule has 0 spiro atoms. The first-order valence-electron chi connectivity index (χ1n) is 4.75. The molecule has 0 N–H and O–H groups in total. The van der Waals surface area contributed by atoms with Gasteiger partial charge in [0.25, 0.3) is 5.56 Å². The average Bonchev–Trinajstić information content (AvgIpc) is 2.37. The summed E-state index contributed by atoms with van der Waals surface area (Å²) in [5, 5.41) is 3.07. The van der Waals surface area contributed by atoms with Crippen molar-refractivity contribution in [2.45, 2.75) is 0 Å². The summed E-state index contributed by atoms with van der Waals surface area (Å²) in [6, 6.07) is 6.08. The van der Waals surface area contributed by atoms with Crippen molar-refractivity contribution in [2.24, 2.45) is 4.99 Å². The first-order chi connectivity index (χ1) is 8.63. The Labute approximate surface area is 105 Å². The number of aliphatic imine (C=N–C) groups is 1. The Morgan fingerprint density at radius 3 is 2.94 bits per heavy atom. The predicted molar refractivity (Wildman–Crippen MR) is 62.6 cm³/mol. The topological polar surface area (TPSA) is 64.3 Å². The van der Waals surface area contributed by atoms with Crippen molar-refractivity contribution in [1.82, 2.24) is 9.78 Å². The molecule has 1 aromatic carbocycles. The molecule has 0 aliphatic rings. The van der Waals surface area contributed by atoms with E-state index in [1.54, 1.807) is 18.2 Å². The molecule has 2 rings (SSSR count). The second-order valence-electron chi connectivity index (χ2n) is 3.25. The molecule has 0 unspecified atom stereocenters. The van der Waals surface area contributed by atoms with E-state index in [0.29, 0.717) is 11.4 Å². The van der Waals surface area contributed by atoms with Crippen molar-refractivity contribution in [3.8, 4) is 5.69 Å². The van der Waals surface area contributed by atoms with Crippen LogP contribution in [0.25, 0.3) is 5.69 Å². The van der Waals surface area contributed by atoms with Gasteiger partial charge in [-0.15, -0.1) is 0 Å². The van der Waals surface area contributed by atoms with E-state index in [4.69, 9.17) is 11.6 Å². The Balaban J connectivity index is 2.62. The molecule has 0 amide bonds. The maximum Gasteiger partial charge on any atom is 0.293 e. The van der Waals surface area contributed by atoms with Gasteiger partial charge in [-0.3, -0.25) is 4.79 Å². The van der Waals surface area contributed by atoms with E-state index >= 15 is 0 Å². The van der Waals surface area contributed by atoms with Crippen LogP contribution in [-0.2, 0) is 4.79 Å². The zero-order chi connectivity index (χ0) is 13.1. The molecular weight excluding hydrogens is 261 g/mol. The highest BCUT2D eigenvalue weighted by atomic mass is 35.5. The smallest absolute Gasteiger partial charge is 0.266 e. The normalized spacial score (nSPS) is 9.89. The number of isocyanates is 1. The molecule has 0 saturated heterocycles. The molecule has 0 radical (unpaired) electrons. The molecule has 1 heterocycles. The fourth-order valence-electron chi connectivity index (χ4n) is 1.34. The zero-order valence-corrected chi connectivity index (χ0v) is 9.56. The maximum atomic E-state index is 13.0. The molecule has 2 aromatic rings. The molecule has 18 heavy (non-hydrogen) atoms. The van der Waals surface area contributed by atoms with Crippen molar-refractivity contribution in [1.29, 1.82) is 0 Å². The summed E-state index contributed by atoms with van der Waals surface area (Å²) in [4.78, 5) is 25.2. The van der Waals surface area contributed by atoms with E-state index in [1.807, 2.05) is 0 Å². The van der Waals surface area contributed by atoms with Crippen molar-refractivity contribution >= 4 is 23.4 Å². The minimum atomic E-state index is -0.889. The van der Waals surface area contributed by atoms with Crippen LogP contribution >= 0.6 is 11.6 Å². The number of aromatic nitrogens is 2. The SMILES string of the molecule is O=C=Nc1cccc(-n2ncc(F)c(Cl)c2=O)c1. The Bertz CT molecular complexity index is 708. The maximum absolute atomic E-state index is 13.0. The first kappa shape index (κ1) is 12.2. The Kier molecular flexibility index (Phi) is 3.32. The van der Waals surface area contributed by atoms with Gasteiger partial charge in [0, 0.05) is 0 Å². The van der Waals surface area contributed by atoms with Crippen molar-refractivity contribution in [3.05, 3.63) is 51.7 Å². The van der Waals surface area contributed by atoms with Crippen LogP contribution in [0.2, 0.25) is 5.02 Å². The molecular formula is C11H5ClFN3O2. The lowest BCUT2D eigenvalue weighted by Crippen LogP contribution is -2.22. The molecule has 0 fully saturated rings. The van der Waals surface area contributed by atoms with E-state index < -0.39 is 16.4 Å². The van der Waals surface area contributed by atoms with Crippen molar-refractivity contribution < 1.29 is 9.18 Å². The number of halogens is 2. The van der Waals surface area contributed by atoms with E-state index in [0.717, 1.165) is 10.9 Å². The Hall–Kier alpha value is -2.30. The highest BCUT2D eigenvalue weighted by molar-refractivity contribution is 6.30. The summed E-state index contributed by atoms with van der Waals surface area (Å²) in [7, 11) is 0. The van der Waals surface area contributed by atoms with Crippen LogP contribution in [0.4, 0.5) is 10.1 Å². The third kappa shape index (κ3) is 2.20. The second kappa shape index (κ2) is 4.91. The van der Waals surface area contributed by atoms with E-state index in [9.17, 15) is 14.0 Å². The fourth-order valence-corrected chi connectivity index (χ4v) is 1.47. The number of hydrogen-bond acceptors (Lipinski definition) is 4. The van der Waals surface area contributed by atoms with Gasteiger partial charge in [0.05, 0.1) is 17.6 Å². The van der Waals surface area contributed by atoms with Gasteiger partial charge in [0.2, 0.25) is 6.08 Å². The van der Waals surface area contributed by atoms with Crippen LogP contribution in [0.5, 0.6) is 0 Å². The van der Waals surface area contributed by atoms with Crippen molar-refractivity contribution in [2.75, 3.05) is 0 Å². The molecule has 7 heteroatoms. The summed E-state index contributed by atoms with van der Waals surface area (Å²) < 4.78 is 13.9. The average molecular weight is 266 g/mol. The number of carbonyl (C=O) groups excluding carboxylic acids is 1. The lowest BCUT2D eigenvalue weighted by atomic mass is 10.3. The monoisotopic (exact) mass is 265 g/mol. The largest absolute Gasteiger partial charge is 0.293 e. The quantitative estimate of drug-likeness (QED) is 0.616. The third-order valence-corrected chi connectivity index (χ3v) is 2.47. The van der Waals surface area contributed by atoms with E-state index in [1.165, 1.54) is 12.1 Å². The van der Waals surface area contributed by atoms with E-state index in [2.05, 4.69) is 10.1 Å². The third-order valence-electron chi connectivity index (χ3n) is 2.13. The lowest BCUT2D eigenvalue weighted by Gasteiger charge is -2.04. The van der Waals surface area contributed by atoms with Gasteiger partial charge in [0.15, 0.2) is 5.82 Å². The molecule has 0 atom stereocenters. The second-order valence-corrected chi connectivity index (χ2v) is 3.62. The minimum absolute atomic E-state index is 0.302. The number of hydrogen-bond donors (Lipinski definition) is 0. The molecule has 90 valence electrons. The summed E-state index contributed by atoms with van der Waals surface area (Å²) >= 11 is 5.50. The summed E-state index contributed by atoms with van der Waals surface area (Å²) in [6.07, 6.45) is 2.21. The number of benzene rings is 1. The summed E-state index contributed by atoms with van der Waals surface area (Å²) in [6.45, 7) is 0. The van der Waals surface area contributed by atoms with Gasteiger partial charge < -0.3 is 0 Å². The molecule has 0 aliphatic heterocycles. The van der Waals surface area contributed by atoms with Crippen LogP contribution < -0.4 is 5.56 Å². The number of rotatable bonds is 2. The molecule has 0 bridgehead atoms. The van der Waals surface area contributed by atoms with Gasteiger partial charge >= 0.3 is 0 Å². The van der Waals surface area contributed by atoms with Crippen LogP contribution in [-0.4, -0.2) is 15.9 Å².